The van der Waals surface area contributed by atoms with Gasteiger partial charge in [-0.25, -0.2) is 4.39 Å². The van der Waals surface area contributed by atoms with Crippen molar-refractivity contribution in [3.8, 4) is 0 Å². The lowest BCUT2D eigenvalue weighted by Crippen LogP contribution is -2.04. The Kier molecular flexibility index (Phi) is 3.97. The predicted octanol–water partition coefficient (Wildman–Crippen LogP) is 2.42. The van der Waals surface area contributed by atoms with Crippen LogP contribution in [0.15, 0.2) is 29.3 Å². The first-order chi connectivity index (χ1) is 7.13. The maximum Gasteiger partial charge on any atom is 0.279 e. The minimum Gasteiger partial charge on any atom is -0.481 e. The lowest BCUT2D eigenvalue weighted by Gasteiger charge is -2.00. The summed E-state index contributed by atoms with van der Waals surface area (Å²) in [6.07, 6.45) is 0. The van der Waals surface area contributed by atoms with Gasteiger partial charge in [-0.2, -0.15) is 4.99 Å². The van der Waals surface area contributed by atoms with Crippen molar-refractivity contribution in [3.63, 3.8) is 0 Å². The predicted molar refractivity (Wildman–Crippen MR) is 55.5 cm³/mol. The van der Waals surface area contributed by atoms with E-state index in [1.165, 1.54) is 24.3 Å². The highest BCUT2D eigenvalue weighted by Crippen LogP contribution is 2.04. The molecule has 0 aromatic heterocycles. The molecule has 1 rings (SSSR count). The number of rotatable bonds is 2. The number of ether oxygens (including phenoxy) is 1. The summed E-state index contributed by atoms with van der Waals surface area (Å²) in [6, 6.07) is 5.22. The summed E-state index contributed by atoms with van der Waals surface area (Å²) in [5, 5.41) is 0. The van der Waals surface area contributed by atoms with E-state index in [9.17, 15) is 9.18 Å². The van der Waals surface area contributed by atoms with E-state index in [4.69, 9.17) is 4.74 Å². The second kappa shape index (κ2) is 5.24. The molecule has 0 saturated carbocycles. The third kappa shape index (κ3) is 3.50. The molecule has 1 aromatic carbocycles. The van der Waals surface area contributed by atoms with Crippen molar-refractivity contribution >= 4 is 11.8 Å². The molecule has 0 unspecified atom stereocenters. The molecule has 0 N–H and O–H groups in total. The van der Waals surface area contributed by atoms with Crippen molar-refractivity contribution in [2.45, 2.75) is 13.8 Å². The van der Waals surface area contributed by atoms with Crippen LogP contribution in [-0.4, -0.2) is 18.4 Å². The Morgan fingerprint density at radius 2 is 2.00 bits per heavy atom. The van der Waals surface area contributed by atoms with Crippen LogP contribution >= 0.6 is 0 Å². The number of hydrogen-bond donors (Lipinski definition) is 0. The zero-order chi connectivity index (χ0) is 11.3. The number of nitrogens with zero attached hydrogens (tertiary/aromatic N) is 1. The Hall–Kier alpha value is -1.71. The van der Waals surface area contributed by atoms with Gasteiger partial charge in [0.1, 0.15) is 5.82 Å². The number of carbonyl (C=O) groups excluding carboxylic acids is 1. The zero-order valence-electron chi connectivity index (χ0n) is 8.66. The van der Waals surface area contributed by atoms with Gasteiger partial charge in [-0.05, 0) is 31.2 Å². The van der Waals surface area contributed by atoms with Crippen LogP contribution in [0.25, 0.3) is 0 Å². The fraction of sp³-hybridized carbons (Fsp3) is 0.273. The van der Waals surface area contributed by atoms with Gasteiger partial charge in [-0.1, -0.05) is 0 Å². The molecule has 15 heavy (non-hydrogen) atoms. The Bertz CT molecular complexity index is 371. The molecule has 0 aliphatic heterocycles. The molecule has 0 fully saturated rings. The first-order valence-electron chi connectivity index (χ1n) is 4.61. The van der Waals surface area contributed by atoms with Crippen LogP contribution in [0.5, 0.6) is 0 Å². The monoisotopic (exact) mass is 209 g/mol. The summed E-state index contributed by atoms with van der Waals surface area (Å²) >= 11 is 0. The Morgan fingerprint density at radius 1 is 1.40 bits per heavy atom. The van der Waals surface area contributed by atoms with Crippen LogP contribution in [-0.2, 0) is 4.74 Å². The molecule has 80 valence electrons. The van der Waals surface area contributed by atoms with Gasteiger partial charge in [0.2, 0.25) is 0 Å². The standard InChI is InChI=1S/C11H12FNO2/c1-3-15-8(2)13-11(14)9-4-6-10(12)7-5-9/h4-7H,3H2,1-2H3/b13-8+. The van der Waals surface area contributed by atoms with E-state index in [2.05, 4.69) is 4.99 Å². The van der Waals surface area contributed by atoms with Crippen molar-refractivity contribution in [2.75, 3.05) is 6.61 Å². The molecule has 0 heterocycles. The molecule has 0 bridgehead atoms. The highest BCUT2D eigenvalue weighted by Gasteiger charge is 2.04. The molecule has 0 radical (unpaired) electrons. The minimum atomic E-state index is -0.430. The second-order valence-electron chi connectivity index (χ2n) is 2.88. The fourth-order valence-electron chi connectivity index (χ4n) is 1.04. The summed E-state index contributed by atoms with van der Waals surface area (Å²) in [5.74, 6) is -0.496. The van der Waals surface area contributed by atoms with Gasteiger partial charge in [-0.3, -0.25) is 4.79 Å². The SMILES string of the molecule is CCO/C(C)=N/C(=O)c1ccc(F)cc1. The molecule has 1 aromatic rings. The fourth-order valence-corrected chi connectivity index (χ4v) is 1.04. The third-order valence-electron chi connectivity index (χ3n) is 1.70. The zero-order valence-corrected chi connectivity index (χ0v) is 8.66. The lowest BCUT2D eigenvalue weighted by atomic mass is 10.2. The Balaban J connectivity index is 2.77. The van der Waals surface area contributed by atoms with Crippen LogP contribution in [0.2, 0.25) is 0 Å². The van der Waals surface area contributed by atoms with Crippen LogP contribution in [0.3, 0.4) is 0 Å². The van der Waals surface area contributed by atoms with Gasteiger partial charge in [0.15, 0.2) is 5.90 Å². The van der Waals surface area contributed by atoms with Gasteiger partial charge in [0.25, 0.3) is 5.91 Å². The molecule has 0 aliphatic rings. The van der Waals surface area contributed by atoms with E-state index in [0.717, 1.165) is 0 Å². The second-order valence-corrected chi connectivity index (χ2v) is 2.88. The number of hydrogen-bond acceptors (Lipinski definition) is 2. The van der Waals surface area contributed by atoms with Crippen molar-refractivity contribution in [1.29, 1.82) is 0 Å². The normalized spacial score (nSPS) is 11.3. The molecular weight excluding hydrogens is 197 g/mol. The van der Waals surface area contributed by atoms with E-state index >= 15 is 0 Å². The molecule has 1 amide bonds. The van der Waals surface area contributed by atoms with Crippen molar-refractivity contribution < 1.29 is 13.9 Å². The van der Waals surface area contributed by atoms with Crippen LogP contribution < -0.4 is 0 Å². The maximum absolute atomic E-state index is 12.6. The van der Waals surface area contributed by atoms with Gasteiger partial charge in [0, 0.05) is 12.5 Å². The van der Waals surface area contributed by atoms with E-state index in [1.54, 1.807) is 13.8 Å². The van der Waals surface area contributed by atoms with Gasteiger partial charge in [-0.15, -0.1) is 0 Å². The summed E-state index contributed by atoms with van der Waals surface area (Å²) < 4.78 is 17.6. The molecule has 3 nitrogen and oxygen atoms in total. The van der Waals surface area contributed by atoms with E-state index < -0.39 is 5.91 Å². The summed E-state index contributed by atoms with van der Waals surface area (Å²) in [6.45, 7) is 3.87. The average Bonchev–Trinajstić information content (AvgIpc) is 2.18. The molecular formula is C11H12FNO2. The molecule has 0 aliphatic carbocycles. The van der Waals surface area contributed by atoms with Crippen LogP contribution in [0.4, 0.5) is 4.39 Å². The first-order valence-corrected chi connectivity index (χ1v) is 4.61. The van der Waals surface area contributed by atoms with E-state index in [0.29, 0.717) is 18.1 Å². The largest absolute Gasteiger partial charge is 0.481 e. The smallest absolute Gasteiger partial charge is 0.279 e. The first kappa shape index (κ1) is 11.4. The van der Waals surface area contributed by atoms with E-state index in [1.807, 2.05) is 0 Å². The van der Waals surface area contributed by atoms with Crippen LogP contribution in [0.1, 0.15) is 24.2 Å². The number of halogens is 1. The van der Waals surface area contributed by atoms with Gasteiger partial charge >= 0.3 is 0 Å². The van der Waals surface area contributed by atoms with Crippen molar-refractivity contribution in [3.05, 3.63) is 35.6 Å². The van der Waals surface area contributed by atoms with Gasteiger partial charge in [0.05, 0.1) is 6.61 Å². The van der Waals surface area contributed by atoms with Crippen LogP contribution in [0, 0.1) is 5.82 Å². The number of aliphatic imine (C=N–C) groups is 1. The minimum absolute atomic E-state index is 0.312. The highest BCUT2D eigenvalue weighted by molar-refractivity contribution is 6.01. The summed E-state index contributed by atoms with van der Waals surface area (Å²) in [4.78, 5) is 15.2. The maximum atomic E-state index is 12.6. The lowest BCUT2D eigenvalue weighted by molar-refractivity contribution is 0.0999. The number of amides is 1. The molecule has 0 atom stereocenters. The molecule has 0 spiro atoms. The highest BCUT2D eigenvalue weighted by atomic mass is 19.1. The quantitative estimate of drug-likeness (QED) is 0.554. The summed E-state index contributed by atoms with van der Waals surface area (Å²) in [5.41, 5.74) is 0.343. The summed E-state index contributed by atoms with van der Waals surface area (Å²) in [7, 11) is 0. The van der Waals surface area contributed by atoms with Crippen molar-refractivity contribution in [2.24, 2.45) is 4.99 Å². The topological polar surface area (TPSA) is 38.7 Å². The Morgan fingerprint density at radius 3 is 2.53 bits per heavy atom. The van der Waals surface area contributed by atoms with Gasteiger partial charge < -0.3 is 4.74 Å². The molecule has 0 saturated heterocycles. The molecule has 4 heteroatoms. The van der Waals surface area contributed by atoms with E-state index in [-0.39, 0.29) is 5.82 Å². The number of benzene rings is 1. The number of carbonyl (C=O) groups is 1. The van der Waals surface area contributed by atoms with Crippen molar-refractivity contribution in [1.82, 2.24) is 0 Å². The average molecular weight is 209 g/mol. The third-order valence-corrected chi connectivity index (χ3v) is 1.70. The Labute approximate surface area is 87.6 Å².